The standard InChI is InChI=1S/3C10H16O4S.C6H5.Sn/c3*1-9(2)7-3-4-10(9,8(11)5-7)6-15(12,13)14;1-2-4-6-5-3-1;/h3*7H,3-6H2,1-2H3,(H,12,13,14);1-5H;/q;;;;+3/p-3. The predicted octanol–water partition coefficient (Wildman–Crippen LogP) is 3.26. The third-order valence-electron chi connectivity index (χ3n) is 14.5. The average molecular weight is 890 g/mol. The summed E-state index contributed by atoms with van der Waals surface area (Å²) in [5.41, 5.74) is -3.67. The molecule has 0 aliphatic heterocycles. The number of hydrogen-bond acceptors (Lipinski definition) is 12. The number of carbonyl (C=O) groups excluding carboxylic acids is 3. The van der Waals surface area contributed by atoms with Gasteiger partial charge in [0.25, 0.3) is 0 Å². The molecule has 6 atom stereocenters. The Bertz CT molecular complexity index is 1720. The molecule has 0 spiro atoms. The fraction of sp³-hybridized carbons (Fsp3) is 0.750. The molecule has 52 heavy (non-hydrogen) atoms. The van der Waals surface area contributed by atoms with Gasteiger partial charge < -0.3 is 13.7 Å². The van der Waals surface area contributed by atoms with Crippen LogP contribution < -0.4 is 3.58 Å². The van der Waals surface area contributed by atoms with Crippen LogP contribution in [0.5, 0.6) is 0 Å². The van der Waals surface area contributed by atoms with Crippen molar-refractivity contribution in [2.24, 2.45) is 50.2 Å². The van der Waals surface area contributed by atoms with Crippen molar-refractivity contribution in [3.8, 4) is 0 Å². The summed E-state index contributed by atoms with van der Waals surface area (Å²) in [7, 11) is -13.0. The van der Waals surface area contributed by atoms with Gasteiger partial charge in [0, 0.05) is 35.5 Å². The van der Waals surface area contributed by atoms with Crippen LogP contribution in [0.4, 0.5) is 0 Å². The quantitative estimate of drug-likeness (QED) is 0.297. The first-order valence-electron chi connectivity index (χ1n) is 17.6. The Morgan fingerprint density at radius 3 is 0.923 bits per heavy atom. The zero-order chi connectivity index (χ0) is 39.6. The summed E-state index contributed by atoms with van der Waals surface area (Å²) >= 11 is 1.49. The van der Waals surface area contributed by atoms with Gasteiger partial charge in [0.2, 0.25) is 0 Å². The Morgan fingerprint density at radius 1 is 0.538 bits per heavy atom. The van der Waals surface area contributed by atoms with E-state index in [1.165, 1.54) is 26.1 Å². The molecule has 6 saturated carbocycles. The van der Waals surface area contributed by atoms with Crippen molar-refractivity contribution in [1.29, 1.82) is 0 Å². The Morgan fingerprint density at radius 2 is 0.788 bits per heavy atom. The van der Waals surface area contributed by atoms with Crippen molar-refractivity contribution in [2.45, 2.75) is 99.3 Å². The second kappa shape index (κ2) is 14.4. The molecule has 0 saturated heterocycles. The summed E-state index contributed by atoms with van der Waals surface area (Å²) in [5, 5.41) is 0. The summed E-state index contributed by atoms with van der Waals surface area (Å²) in [4.78, 5) is 35.5. The van der Waals surface area contributed by atoms with Crippen molar-refractivity contribution in [3.63, 3.8) is 0 Å². The van der Waals surface area contributed by atoms with Crippen molar-refractivity contribution in [3.05, 3.63) is 30.3 Å². The van der Waals surface area contributed by atoms with Gasteiger partial charge in [-0.05, 0) is 72.5 Å². The molecule has 0 amide bonds. The molecule has 1 aromatic rings. The second-order valence-electron chi connectivity index (χ2n) is 17.5. The van der Waals surface area contributed by atoms with Crippen molar-refractivity contribution in [2.75, 3.05) is 17.3 Å². The van der Waals surface area contributed by atoms with Gasteiger partial charge in [0.05, 0.1) is 47.6 Å². The molecule has 6 unspecified atom stereocenters. The first-order chi connectivity index (χ1) is 23.5. The van der Waals surface area contributed by atoms with E-state index in [1.807, 2.05) is 47.6 Å². The molecular formula is C36H50O12S3Sn. The summed E-state index contributed by atoms with van der Waals surface area (Å²) < 4.78 is 99.5. The first kappa shape index (κ1) is 43.5. The number of ketones is 3. The topological polar surface area (TPSA) is 223 Å². The predicted molar refractivity (Wildman–Crippen MR) is 191 cm³/mol. The van der Waals surface area contributed by atoms with E-state index >= 15 is 0 Å². The maximum absolute atomic E-state index is 11.8. The monoisotopic (exact) mass is 890 g/mol. The van der Waals surface area contributed by atoms with Crippen LogP contribution in [0.2, 0.25) is 0 Å². The summed E-state index contributed by atoms with van der Waals surface area (Å²) in [6, 6.07) is 10.4. The molecule has 12 nitrogen and oxygen atoms in total. The van der Waals surface area contributed by atoms with Gasteiger partial charge in [0.1, 0.15) is 17.3 Å². The molecule has 7 rings (SSSR count). The van der Waals surface area contributed by atoms with E-state index in [-0.39, 0.29) is 51.3 Å². The van der Waals surface area contributed by atoms with Crippen molar-refractivity contribution < 1.29 is 53.3 Å². The van der Waals surface area contributed by atoms with Crippen LogP contribution in [0.25, 0.3) is 0 Å². The van der Waals surface area contributed by atoms with E-state index in [1.54, 1.807) is 0 Å². The van der Waals surface area contributed by atoms with Gasteiger partial charge in [-0.25, -0.2) is 25.3 Å². The van der Waals surface area contributed by atoms with E-state index in [2.05, 4.69) is 24.3 Å². The Labute approximate surface area is 322 Å². The van der Waals surface area contributed by atoms with Gasteiger partial charge in [-0.15, -0.1) is 0 Å². The van der Waals surface area contributed by atoms with Crippen LogP contribution >= 0.6 is 0 Å². The number of rotatable bonds is 6. The molecule has 0 radical (unpaired) electrons. The Balaban J connectivity index is 0.000000160. The fourth-order valence-electron chi connectivity index (χ4n) is 10.7. The Hall–Kier alpha value is -1.24. The zero-order valence-corrected chi connectivity index (χ0v) is 36.0. The SMILES string of the molecule is CC1(C)C2CCC1(CS(=O)(=O)[O-])C(=O)C2.CC1(C)C2CCC1(CS(=O)(=O)[O-])C(=O)C2.CC1(C)C2CCC1(CS(=O)(=O)[O-])C(=O)C2.[Sn+3][c]1ccccc1. The third-order valence-corrected chi connectivity index (χ3v) is 18.0. The second-order valence-corrected chi connectivity index (χ2v) is 23.3. The summed E-state index contributed by atoms with van der Waals surface area (Å²) in [5.74, 6) is -0.840. The molecule has 6 aliphatic carbocycles. The zero-order valence-electron chi connectivity index (χ0n) is 30.7. The summed E-state index contributed by atoms with van der Waals surface area (Å²) in [6.45, 7) is 11.5. The van der Waals surface area contributed by atoms with Gasteiger partial charge >= 0.3 is 56.4 Å². The third kappa shape index (κ3) is 8.02. The number of hydrogen-bond donors (Lipinski definition) is 0. The number of fused-ring (bicyclic) bond motifs is 6. The van der Waals surface area contributed by atoms with Crippen LogP contribution in [0.3, 0.4) is 0 Å². The number of carbonyl (C=O) groups is 3. The van der Waals surface area contributed by atoms with E-state index in [0.717, 1.165) is 19.3 Å². The van der Waals surface area contributed by atoms with Crippen LogP contribution in [-0.4, -0.2) is 96.0 Å². The van der Waals surface area contributed by atoms with Crippen molar-refractivity contribution >= 4 is 73.8 Å². The minimum absolute atomic E-state index is 0.0248. The molecule has 288 valence electrons. The molecule has 6 aliphatic rings. The normalized spacial score (nSPS) is 34.6. The van der Waals surface area contributed by atoms with E-state index < -0.39 is 63.9 Å². The van der Waals surface area contributed by atoms with E-state index in [0.29, 0.717) is 38.5 Å². The number of benzene rings is 1. The molecule has 6 fully saturated rings. The van der Waals surface area contributed by atoms with Gasteiger partial charge in [-0.2, -0.15) is 0 Å². The molecule has 0 N–H and O–H groups in total. The van der Waals surface area contributed by atoms with Crippen LogP contribution in [-0.2, 0) is 44.7 Å². The number of Topliss-reactive ketones (excluding diaryl/α,β-unsaturated/α-hetero) is 3. The molecular weight excluding hydrogens is 839 g/mol. The van der Waals surface area contributed by atoms with Crippen LogP contribution in [0, 0.1) is 50.2 Å². The molecule has 16 heteroatoms. The fourth-order valence-corrected chi connectivity index (χ4v) is 15.1. The van der Waals surface area contributed by atoms with E-state index in [4.69, 9.17) is 0 Å². The first-order valence-corrected chi connectivity index (χ1v) is 23.8. The Kier molecular flexibility index (Phi) is 12.0. The maximum atomic E-state index is 11.8. The molecule has 6 bridgehead atoms. The molecule has 0 aromatic heterocycles. The van der Waals surface area contributed by atoms with Crippen LogP contribution in [0.1, 0.15) is 99.3 Å². The summed E-state index contributed by atoms with van der Waals surface area (Å²) in [6.07, 6.45) is 5.63. The average Bonchev–Trinajstić information content (AvgIpc) is 3.62. The van der Waals surface area contributed by atoms with Crippen molar-refractivity contribution in [1.82, 2.24) is 0 Å². The minimum atomic E-state index is -4.33. The van der Waals surface area contributed by atoms with Gasteiger partial charge in [0.15, 0.2) is 0 Å². The van der Waals surface area contributed by atoms with Crippen LogP contribution in [0.15, 0.2) is 30.3 Å². The van der Waals surface area contributed by atoms with Gasteiger partial charge in [-0.3, -0.25) is 14.4 Å². The van der Waals surface area contributed by atoms with Gasteiger partial charge in [-0.1, -0.05) is 41.5 Å². The molecule has 0 heterocycles. The molecule has 1 aromatic carbocycles. The van der Waals surface area contributed by atoms with E-state index in [9.17, 15) is 53.3 Å².